The molecular weight excluding hydrogens is 391 g/mol. The summed E-state index contributed by atoms with van der Waals surface area (Å²) < 4.78 is 0. The van der Waals surface area contributed by atoms with Crippen LogP contribution in [0.25, 0.3) is 0 Å². The zero-order chi connectivity index (χ0) is 19.3. The van der Waals surface area contributed by atoms with E-state index < -0.39 is 10.9 Å². The minimum Gasteiger partial charge on any atom is -0.478 e. The van der Waals surface area contributed by atoms with Crippen LogP contribution in [0.2, 0.25) is 10.0 Å². The third-order valence-corrected chi connectivity index (χ3v) is 5.86. The maximum atomic E-state index is 11.7. The van der Waals surface area contributed by atoms with Crippen LogP contribution in [0.15, 0.2) is 42.5 Å². The summed E-state index contributed by atoms with van der Waals surface area (Å²) in [5.74, 6) is -1.12. The summed E-state index contributed by atoms with van der Waals surface area (Å²) in [6, 6.07) is 7.55. The average Bonchev–Trinajstić information content (AvgIpc) is 3.11. The Hall–Kier alpha value is -2.57. The van der Waals surface area contributed by atoms with E-state index in [2.05, 4.69) is 5.32 Å². The summed E-state index contributed by atoms with van der Waals surface area (Å²) in [4.78, 5) is 22.4. The Kier molecular flexibility index (Phi) is 4.32. The maximum absolute atomic E-state index is 11.7. The quantitative estimate of drug-likeness (QED) is 0.404. The van der Waals surface area contributed by atoms with Crippen LogP contribution >= 0.6 is 23.2 Å². The minimum atomic E-state index is -1.01. The number of halogens is 2. The van der Waals surface area contributed by atoms with Crippen molar-refractivity contribution in [1.82, 2.24) is 0 Å². The molecule has 0 aromatic heterocycles. The first-order valence-corrected chi connectivity index (χ1v) is 9.06. The van der Waals surface area contributed by atoms with Gasteiger partial charge in [0.2, 0.25) is 0 Å². The van der Waals surface area contributed by atoms with Gasteiger partial charge in [0, 0.05) is 12.0 Å². The maximum Gasteiger partial charge on any atom is 0.336 e. The first-order chi connectivity index (χ1) is 12.9. The van der Waals surface area contributed by atoms with Gasteiger partial charge in [0.05, 0.1) is 27.2 Å². The Bertz CT molecular complexity index is 1010. The zero-order valence-corrected chi connectivity index (χ0v) is 15.4. The highest BCUT2D eigenvalue weighted by atomic mass is 35.5. The molecule has 1 heterocycles. The number of allylic oxidation sites excluding steroid dienone is 2. The molecule has 0 saturated heterocycles. The molecule has 1 aliphatic heterocycles. The number of nitrogens with zero attached hydrogens (tertiary/aromatic N) is 1. The lowest BCUT2D eigenvalue weighted by atomic mass is 9.75. The van der Waals surface area contributed by atoms with Gasteiger partial charge in [-0.05, 0) is 41.7 Å². The number of carboxylic acids is 1. The Balaban J connectivity index is 1.86. The molecule has 138 valence electrons. The van der Waals surface area contributed by atoms with Crippen molar-refractivity contribution in [2.75, 3.05) is 5.32 Å². The van der Waals surface area contributed by atoms with Crippen molar-refractivity contribution in [2.24, 2.45) is 5.92 Å². The molecule has 0 bridgehead atoms. The van der Waals surface area contributed by atoms with E-state index >= 15 is 0 Å². The van der Waals surface area contributed by atoms with E-state index in [1.54, 1.807) is 12.1 Å². The van der Waals surface area contributed by atoms with Crippen LogP contribution < -0.4 is 5.32 Å². The average molecular weight is 405 g/mol. The fourth-order valence-corrected chi connectivity index (χ4v) is 4.46. The van der Waals surface area contributed by atoms with Crippen molar-refractivity contribution in [2.45, 2.75) is 18.4 Å². The number of nitrogens with one attached hydrogen (secondary N) is 1. The van der Waals surface area contributed by atoms with Gasteiger partial charge in [-0.1, -0.05) is 41.4 Å². The number of anilines is 1. The second-order valence-corrected chi connectivity index (χ2v) is 7.45. The summed E-state index contributed by atoms with van der Waals surface area (Å²) in [7, 11) is 0. The molecule has 4 rings (SSSR count). The van der Waals surface area contributed by atoms with E-state index in [1.807, 2.05) is 12.2 Å². The topological polar surface area (TPSA) is 92.5 Å². The number of hydrogen-bond donors (Lipinski definition) is 2. The Morgan fingerprint density at radius 3 is 2.67 bits per heavy atom. The largest absolute Gasteiger partial charge is 0.478 e. The summed E-state index contributed by atoms with van der Waals surface area (Å²) in [5.41, 5.74) is 1.99. The fourth-order valence-electron chi connectivity index (χ4n) is 4.05. The lowest BCUT2D eigenvalue weighted by Gasteiger charge is -2.38. The molecule has 0 saturated carbocycles. The fraction of sp³-hybridized carbons (Fsp3) is 0.211. The van der Waals surface area contributed by atoms with Gasteiger partial charge in [0.25, 0.3) is 5.69 Å². The van der Waals surface area contributed by atoms with Crippen molar-refractivity contribution in [1.29, 1.82) is 0 Å². The highest BCUT2D eigenvalue weighted by molar-refractivity contribution is 6.33. The molecule has 8 heteroatoms. The SMILES string of the molecule is O=C(O)c1ccc(Cl)c2c1[C@@H]1C=CC[C@H]1[C@H](c1ccc(Cl)c([N+](=O)[O-])c1)N2. The molecule has 2 aromatic carbocycles. The number of rotatable bonds is 3. The van der Waals surface area contributed by atoms with Gasteiger partial charge >= 0.3 is 5.97 Å². The van der Waals surface area contributed by atoms with Crippen molar-refractivity contribution >= 4 is 40.5 Å². The van der Waals surface area contributed by atoms with Gasteiger partial charge in [-0.3, -0.25) is 10.1 Å². The first kappa shape index (κ1) is 17.8. The molecule has 2 aliphatic rings. The van der Waals surface area contributed by atoms with Crippen LogP contribution in [0.5, 0.6) is 0 Å². The molecule has 3 atom stereocenters. The van der Waals surface area contributed by atoms with Gasteiger partial charge in [-0.25, -0.2) is 4.79 Å². The normalized spacial score (nSPS) is 22.7. The van der Waals surface area contributed by atoms with Gasteiger partial charge in [-0.2, -0.15) is 0 Å². The lowest BCUT2D eigenvalue weighted by Crippen LogP contribution is -2.30. The molecule has 0 amide bonds. The minimum absolute atomic E-state index is 0.0230. The lowest BCUT2D eigenvalue weighted by molar-refractivity contribution is -0.384. The number of benzene rings is 2. The van der Waals surface area contributed by atoms with Gasteiger partial charge in [0.1, 0.15) is 5.02 Å². The van der Waals surface area contributed by atoms with E-state index in [-0.39, 0.29) is 34.2 Å². The predicted molar refractivity (Wildman–Crippen MR) is 103 cm³/mol. The third-order valence-electron chi connectivity index (χ3n) is 5.23. The van der Waals surface area contributed by atoms with Crippen LogP contribution in [0, 0.1) is 16.0 Å². The van der Waals surface area contributed by atoms with Crippen LogP contribution in [0.1, 0.15) is 39.9 Å². The van der Waals surface area contributed by atoms with Crippen LogP contribution in [-0.4, -0.2) is 16.0 Å². The first-order valence-electron chi connectivity index (χ1n) is 8.31. The summed E-state index contributed by atoms with van der Waals surface area (Å²) >= 11 is 12.3. The predicted octanol–water partition coefficient (Wildman–Crippen LogP) is 5.43. The van der Waals surface area contributed by atoms with Gasteiger partial charge in [-0.15, -0.1) is 0 Å². The number of nitro benzene ring substituents is 1. The molecule has 2 N–H and O–H groups in total. The molecule has 1 aliphatic carbocycles. The molecule has 0 unspecified atom stereocenters. The van der Waals surface area contributed by atoms with E-state index in [0.717, 1.165) is 6.42 Å². The Morgan fingerprint density at radius 1 is 1.22 bits per heavy atom. The van der Waals surface area contributed by atoms with Crippen LogP contribution in [0.3, 0.4) is 0 Å². The van der Waals surface area contributed by atoms with Crippen LogP contribution in [-0.2, 0) is 0 Å². The Labute approximate surface area is 164 Å². The number of aromatic carboxylic acids is 1. The standard InChI is InChI=1S/C19H14Cl2N2O4/c20-13-6-4-9(8-15(13)23(26)27)17-11-3-1-2-10(11)16-12(19(24)25)5-7-14(21)18(16)22-17/h1-2,4-8,10-11,17,22H,3H2,(H,24,25)/t10-,11-,17+/m1/s1. The number of hydrogen-bond acceptors (Lipinski definition) is 4. The van der Waals surface area contributed by atoms with E-state index in [0.29, 0.717) is 21.8 Å². The third kappa shape index (κ3) is 2.85. The van der Waals surface area contributed by atoms with E-state index in [9.17, 15) is 20.0 Å². The van der Waals surface area contributed by atoms with Crippen molar-refractivity contribution in [3.8, 4) is 0 Å². The molecule has 0 fully saturated rings. The van der Waals surface area contributed by atoms with Crippen molar-refractivity contribution in [3.63, 3.8) is 0 Å². The monoisotopic (exact) mass is 404 g/mol. The van der Waals surface area contributed by atoms with Gasteiger partial charge in [0.15, 0.2) is 0 Å². The zero-order valence-electron chi connectivity index (χ0n) is 13.9. The number of carbonyl (C=O) groups is 1. The number of fused-ring (bicyclic) bond motifs is 3. The molecular formula is C19H14Cl2N2O4. The molecule has 6 nitrogen and oxygen atoms in total. The van der Waals surface area contributed by atoms with E-state index in [1.165, 1.54) is 18.2 Å². The molecule has 2 aromatic rings. The summed E-state index contributed by atoms with van der Waals surface area (Å²) in [5, 5.41) is 24.7. The number of carboxylic acid groups (broad SMARTS) is 1. The second kappa shape index (κ2) is 6.55. The second-order valence-electron chi connectivity index (χ2n) is 6.63. The number of nitro groups is 1. The Morgan fingerprint density at radius 2 is 1.96 bits per heavy atom. The summed E-state index contributed by atoms with van der Waals surface area (Å²) in [6.07, 6.45) is 4.73. The molecule has 27 heavy (non-hydrogen) atoms. The van der Waals surface area contributed by atoms with E-state index in [4.69, 9.17) is 23.2 Å². The highest BCUT2D eigenvalue weighted by Gasteiger charge is 2.41. The van der Waals surface area contributed by atoms with Gasteiger partial charge < -0.3 is 10.4 Å². The smallest absolute Gasteiger partial charge is 0.336 e. The molecule has 0 radical (unpaired) electrons. The summed E-state index contributed by atoms with van der Waals surface area (Å²) in [6.45, 7) is 0. The van der Waals surface area contributed by atoms with Crippen molar-refractivity contribution < 1.29 is 14.8 Å². The van der Waals surface area contributed by atoms with Crippen LogP contribution in [0.4, 0.5) is 11.4 Å². The molecule has 0 spiro atoms. The van der Waals surface area contributed by atoms with Crippen molar-refractivity contribution in [3.05, 3.63) is 79.3 Å². The highest BCUT2D eigenvalue weighted by Crippen LogP contribution is 2.53.